The largest absolute Gasteiger partial charge is 0.379 e. The van der Waals surface area contributed by atoms with Crippen molar-refractivity contribution in [3.63, 3.8) is 0 Å². The van der Waals surface area contributed by atoms with Crippen LogP contribution in [0, 0.1) is 5.92 Å². The highest BCUT2D eigenvalue weighted by Gasteiger charge is 2.38. The number of rotatable bonds is 11. The smallest absolute Gasteiger partial charge is 0.262 e. The molecule has 198 valence electrons. The fraction of sp³-hybridized carbons (Fsp3) is 0.435. The van der Waals surface area contributed by atoms with E-state index >= 15 is 0 Å². The van der Waals surface area contributed by atoms with Crippen molar-refractivity contribution in [2.75, 3.05) is 44.1 Å². The van der Waals surface area contributed by atoms with E-state index in [1.807, 2.05) is 4.90 Å². The van der Waals surface area contributed by atoms with Crippen LogP contribution in [0.2, 0.25) is 0 Å². The molecule has 1 saturated heterocycles. The zero-order valence-electron chi connectivity index (χ0n) is 20.2. The average Bonchev–Trinajstić information content (AvgIpc) is 2.87. The molecule has 1 aliphatic rings. The van der Waals surface area contributed by atoms with E-state index in [1.54, 1.807) is 37.5 Å². The minimum atomic E-state index is -4.19. The van der Waals surface area contributed by atoms with Crippen LogP contribution in [0.5, 0.6) is 0 Å². The van der Waals surface area contributed by atoms with Crippen molar-refractivity contribution < 1.29 is 31.6 Å². The van der Waals surface area contributed by atoms with Gasteiger partial charge in [0.1, 0.15) is 6.04 Å². The number of nitrogens with one attached hydrogen (secondary N) is 2. The minimum Gasteiger partial charge on any atom is -0.379 e. The first-order chi connectivity index (χ1) is 17.1. The summed E-state index contributed by atoms with van der Waals surface area (Å²) in [6, 6.07) is 11.9. The highest BCUT2D eigenvalue weighted by molar-refractivity contribution is 7.92. The van der Waals surface area contributed by atoms with Gasteiger partial charge in [-0.25, -0.2) is 22.3 Å². The molecule has 0 aliphatic carbocycles. The second-order valence-corrected chi connectivity index (χ2v) is 12.3. The first-order valence-electron chi connectivity index (χ1n) is 11.5. The first kappa shape index (κ1) is 28.0. The molecule has 0 aromatic heterocycles. The van der Waals surface area contributed by atoms with Crippen LogP contribution in [-0.4, -0.2) is 82.6 Å². The molecule has 1 unspecified atom stereocenters. The number of hydrogen-bond acceptors (Lipinski definition) is 8. The Morgan fingerprint density at radius 3 is 2.17 bits per heavy atom. The van der Waals surface area contributed by atoms with Crippen molar-refractivity contribution >= 4 is 31.6 Å². The molecule has 0 saturated carbocycles. The van der Waals surface area contributed by atoms with Crippen LogP contribution >= 0.6 is 0 Å². The second kappa shape index (κ2) is 12.1. The zero-order valence-corrected chi connectivity index (χ0v) is 21.8. The highest BCUT2D eigenvalue weighted by Crippen LogP contribution is 2.25. The zero-order chi connectivity index (χ0) is 26.3. The normalized spacial score (nSPS) is 16.1. The van der Waals surface area contributed by atoms with Gasteiger partial charge in [0.15, 0.2) is 0 Å². The third-order valence-electron chi connectivity index (χ3n) is 5.83. The molecule has 3 N–H and O–H groups in total. The molecule has 1 heterocycles. The van der Waals surface area contributed by atoms with Crippen LogP contribution in [0.4, 0.5) is 5.69 Å². The number of benzene rings is 2. The van der Waals surface area contributed by atoms with Crippen LogP contribution in [0.15, 0.2) is 64.4 Å². The number of hydroxylamine groups is 1. The van der Waals surface area contributed by atoms with Crippen molar-refractivity contribution in [1.29, 1.82) is 0 Å². The van der Waals surface area contributed by atoms with Crippen molar-refractivity contribution in [3.8, 4) is 0 Å². The topological polar surface area (TPSA) is 145 Å². The van der Waals surface area contributed by atoms with E-state index in [0.717, 1.165) is 4.31 Å². The van der Waals surface area contributed by atoms with E-state index in [4.69, 9.17) is 4.74 Å². The Labute approximate surface area is 212 Å². The van der Waals surface area contributed by atoms with Gasteiger partial charge in [-0.3, -0.25) is 19.6 Å². The van der Waals surface area contributed by atoms with Gasteiger partial charge in [0.05, 0.1) is 23.0 Å². The maximum Gasteiger partial charge on any atom is 0.262 e. The summed E-state index contributed by atoms with van der Waals surface area (Å²) < 4.78 is 61.4. The summed E-state index contributed by atoms with van der Waals surface area (Å²) in [6.07, 6.45) is 0. The standard InChI is InChI=1S/C23H32N4O7S2/c1-18(2)22(23(28)24-29)27(13-12-26-14-16-34-17-15-26)36(32,33)21-10-8-19(9-11-21)25-35(30,31)20-6-4-3-5-7-20/h3-11,18,22,25,29H,12-17H2,1-2H3,(H,24,28). The Bertz CT molecular complexity index is 1210. The third kappa shape index (κ3) is 6.81. The number of ether oxygens (including phenoxy) is 1. The molecule has 0 radical (unpaired) electrons. The number of anilines is 1. The lowest BCUT2D eigenvalue weighted by Crippen LogP contribution is -2.54. The number of morpholine rings is 1. The lowest BCUT2D eigenvalue weighted by atomic mass is 10.0. The van der Waals surface area contributed by atoms with Crippen molar-refractivity contribution in [2.45, 2.75) is 29.7 Å². The van der Waals surface area contributed by atoms with E-state index in [0.29, 0.717) is 32.8 Å². The van der Waals surface area contributed by atoms with Crippen molar-refractivity contribution in [3.05, 3.63) is 54.6 Å². The van der Waals surface area contributed by atoms with E-state index in [-0.39, 0.29) is 22.0 Å². The Kier molecular flexibility index (Phi) is 9.44. The summed E-state index contributed by atoms with van der Waals surface area (Å²) in [5, 5.41) is 9.28. The van der Waals surface area contributed by atoms with Crippen molar-refractivity contribution in [2.24, 2.45) is 5.92 Å². The summed E-state index contributed by atoms with van der Waals surface area (Å²) in [7, 11) is -8.03. The van der Waals surface area contributed by atoms with E-state index in [9.17, 15) is 26.8 Å². The maximum absolute atomic E-state index is 13.7. The van der Waals surface area contributed by atoms with Crippen LogP contribution in [0.1, 0.15) is 13.8 Å². The summed E-state index contributed by atoms with van der Waals surface area (Å²) in [5.41, 5.74) is 1.77. The molecule has 3 rings (SSSR count). The second-order valence-electron chi connectivity index (χ2n) is 8.68. The molecule has 1 atom stereocenters. The lowest BCUT2D eigenvalue weighted by molar-refractivity contribution is -0.134. The maximum atomic E-state index is 13.7. The molecular formula is C23H32N4O7S2. The molecule has 2 aromatic carbocycles. The van der Waals surface area contributed by atoms with Gasteiger partial charge in [-0.15, -0.1) is 0 Å². The number of amides is 1. The number of nitrogens with zero attached hydrogens (tertiary/aromatic N) is 2. The van der Waals surface area contributed by atoms with Gasteiger partial charge in [0.25, 0.3) is 15.9 Å². The summed E-state index contributed by atoms with van der Waals surface area (Å²) in [5.74, 6) is -1.27. The molecule has 36 heavy (non-hydrogen) atoms. The fourth-order valence-electron chi connectivity index (χ4n) is 3.95. The van der Waals surface area contributed by atoms with Gasteiger partial charge in [-0.05, 0) is 42.3 Å². The van der Waals surface area contributed by atoms with Gasteiger partial charge in [-0.1, -0.05) is 32.0 Å². The van der Waals surface area contributed by atoms with Crippen LogP contribution in [0.3, 0.4) is 0 Å². The number of hydrogen-bond donors (Lipinski definition) is 3. The van der Waals surface area contributed by atoms with E-state index < -0.39 is 37.9 Å². The van der Waals surface area contributed by atoms with E-state index in [1.165, 1.54) is 36.4 Å². The molecule has 0 spiro atoms. The molecule has 2 aromatic rings. The first-order valence-corrected chi connectivity index (χ1v) is 14.4. The van der Waals surface area contributed by atoms with Crippen LogP contribution in [0.25, 0.3) is 0 Å². The number of carbonyl (C=O) groups is 1. The predicted molar refractivity (Wildman–Crippen MR) is 133 cm³/mol. The molecule has 11 nitrogen and oxygen atoms in total. The van der Waals surface area contributed by atoms with Crippen molar-refractivity contribution in [1.82, 2.24) is 14.7 Å². The molecule has 1 fully saturated rings. The van der Waals surface area contributed by atoms with Crippen LogP contribution in [-0.2, 0) is 29.6 Å². The van der Waals surface area contributed by atoms with Gasteiger partial charge >= 0.3 is 0 Å². The molecule has 0 bridgehead atoms. The van der Waals surface area contributed by atoms with Gasteiger partial charge in [0, 0.05) is 31.9 Å². The highest BCUT2D eigenvalue weighted by atomic mass is 32.2. The Morgan fingerprint density at radius 2 is 1.61 bits per heavy atom. The predicted octanol–water partition coefficient (Wildman–Crippen LogP) is 1.34. The third-order valence-corrected chi connectivity index (χ3v) is 9.12. The van der Waals surface area contributed by atoms with E-state index in [2.05, 4.69) is 4.72 Å². The summed E-state index contributed by atoms with van der Waals surface area (Å²) in [6.45, 7) is 6.14. The van der Waals surface area contributed by atoms with Gasteiger partial charge in [-0.2, -0.15) is 4.31 Å². The molecule has 13 heteroatoms. The van der Waals surface area contributed by atoms with Gasteiger partial charge in [0.2, 0.25) is 10.0 Å². The molecular weight excluding hydrogens is 508 g/mol. The minimum absolute atomic E-state index is 0.0149. The summed E-state index contributed by atoms with van der Waals surface area (Å²) in [4.78, 5) is 14.5. The number of sulfonamides is 2. The van der Waals surface area contributed by atoms with Crippen LogP contribution < -0.4 is 10.2 Å². The lowest BCUT2D eigenvalue weighted by Gasteiger charge is -2.34. The molecule has 1 amide bonds. The Balaban J connectivity index is 1.87. The quantitative estimate of drug-likeness (QED) is 0.286. The SMILES string of the molecule is CC(C)C(C(=O)NO)N(CCN1CCOCC1)S(=O)(=O)c1ccc(NS(=O)(=O)c2ccccc2)cc1. The monoisotopic (exact) mass is 540 g/mol. The number of carbonyl (C=O) groups excluding carboxylic acids is 1. The average molecular weight is 541 g/mol. The summed E-state index contributed by atoms with van der Waals surface area (Å²) >= 11 is 0. The Hall–Kier alpha value is -2.55. The fourth-order valence-corrected chi connectivity index (χ4v) is 6.74. The van der Waals surface area contributed by atoms with Gasteiger partial charge < -0.3 is 4.74 Å². The molecule has 1 aliphatic heterocycles. The Morgan fingerprint density at radius 1 is 1.00 bits per heavy atom.